The van der Waals surface area contributed by atoms with Gasteiger partial charge in [0.2, 0.25) is 0 Å². The molecule has 0 saturated carbocycles. The van der Waals surface area contributed by atoms with Gasteiger partial charge in [-0.05, 0) is 6.42 Å². The summed E-state index contributed by atoms with van der Waals surface area (Å²) in [5.41, 5.74) is 0. The Morgan fingerprint density at radius 2 is 2.00 bits per heavy atom. The summed E-state index contributed by atoms with van der Waals surface area (Å²) in [7, 11) is 0. The number of carbonyl (C=O) groups excluding carboxylic acids is 2. The Morgan fingerprint density at radius 3 is 2.62 bits per heavy atom. The molecule has 21 heavy (non-hydrogen) atoms. The Labute approximate surface area is 123 Å². The van der Waals surface area contributed by atoms with Crippen molar-refractivity contribution in [2.45, 2.75) is 57.7 Å². The molecule has 0 aliphatic carbocycles. The van der Waals surface area contributed by atoms with Crippen LogP contribution in [-0.4, -0.2) is 46.1 Å². The summed E-state index contributed by atoms with van der Waals surface area (Å²) in [5, 5.41) is 27.8. The normalized spacial score (nSPS) is 19.6. The van der Waals surface area contributed by atoms with Crippen LogP contribution in [0.4, 0.5) is 0 Å². The second kappa shape index (κ2) is 8.63. The molecule has 120 valence electrons. The molecular weight excluding hydrogens is 280 g/mol. The van der Waals surface area contributed by atoms with Gasteiger partial charge in [0.25, 0.3) is 5.76 Å². The molecule has 0 amide bonds. The standard InChI is InChI=1S/C14H22O7/c1-2-3-4-5-6-7-10(17)20-13-11(18)12(9(16)8-15)21-14(13)19/h9,12,15-16,18H,2-8H2,1H3/t9-,12+/m0/s1. The van der Waals surface area contributed by atoms with E-state index in [0.717, 1.165) is 25.7 Å². The maximum Gasteiger partial charge on any atom is 0.378 e. The number of esters is 2. The topological polar surface area (TPSA) is 113 Å². The summed E-state index contributed by atoms with van der Waals surface area (Å²) >= 11 is 0. The minimum atomic E-state index is -1.46. The van der Waals surface area contributed by atoms with Crippen molar-refractivity contribution in [2.24, 2.45) is 0 Å². The Bertz CT molecular complexity index is 402. The third kappa shape index (κ3) is 5.02. The van der Waals surface area contributed by atoms with Crippen LogP contribution in [0.5, 0.6) is 0 Å². The molecule has 0 aromatic rings. The fourth-order valence-electron chi connectivity index (χ4n) is 1.95. The van der Waals surface area contributed by atoms with Gasteiger partial charge in [0.15, 0.2) is 11.9 Å². The molecule has 1 aliphatic heterocycles. The van der Waals surface area contributed by atoms with E-state index in [4.69, 9.17) is 9.84 Å². The van der Waals surface area contributed by atoms with Gasteiger partial charge >= 0.3 is 11.9 Å². The average molecular weight is 302 g/mol. The zero-order chi connectivity index (χ0) is 15.8. The van der Waals surface area contributed by atoms with Crippen LogP contribution in [0.1, 0.15) is 45.4 Å². The number of carbonyl (C=O) groups is 2. The molecule has 1 rings (SSSR count). The van der Waals surface area contributed by atoms with Crippen molar-refractivity contribution in [1.82, 2.24) is 0 Å². The summed E-state index contributed by atoms with van der Waals surface area (Å²) in [5.74, 6) is -2.93. The van der Waals surface area contributed by atoms with E-state index in [-0.39, 0.29) is 6.42 Å². The lowest BCUT2D eigenvalue weighted by Gasteiger charge is -2.13. The monoisotopic (exact) mass is 302 g/mol. The smallest absolute Gasteiger partial charge is 0.378 e. The van der Waals surface area contributed by atoms with E-state index in [1.807, 2.05) is 0 Å². The van der Waals surface area contributed by atoms with Crippen LogP contribution < -0.4 is 0 Å². The Morgan fingerprint density at radius 1 is 1.33 bits per heavy atom. The quantitative estimate of drug-likeness (QED) is 0.429. The lowest BCUT2D eigenvalue weighted by Crippen LogP contribution is -2.31. The number of unbranched alkanes of at least 4 members (excludes halogenated alkanes) is 4. The molecule has 3 N–H and O–H groups in total. The number of hydrogen-bond donors (Lipinski definition) is 3. The van der Waals surface area contributed by atoms with E-state index in [1.165, 1.54) is 0 Å². The van der Waals surface area contributed by atoms with Crippen LogP contribution in [0.15, 0.2) is 11.5 Å². The Kier molecular flexibility index (Phi) is 7.18. The molecule has 7 nitrogen and oxygen atoms in total. The largest absolute Gasteiger partial charge is 0.505 e. The molecule has 0 fully saturated rings. The van der Waals surface area contributed by atoms with Gasteiger partial charge in [-0.25, -0.2) is 4.79 Å². The predicted molar refractivity (Wildman–Crippen MR) is 72.1 cm³/mol. The number of hydrogen-bond acceptors (Lipinski definition) is 7. The molecule has 0 radical (unpaired) electrons. The highest BCUT2D eigenvalue weighted by Gasteiger charge is 2.41. The first-order valence-corrected chi connectivity index (χ1v) is 7.15. The van der Waals surface area contributed by atoms with Crippen LogP contribution in [0.25, 0.3) is 0 Å². The second-order valence-electron chi connectivity index (χ2n) is 4.93. The number of aliphatic hydroxyl groups is 3. The fourth-order valence-corrected chi connectivity index (χ4v) is 1.95. The third-order valence-corrected chi connectivity index (χ3v) is 3.16. The first kappa shape index (κ1) is 17.5. The maximum atomic E-state index is 11.6. The van der Waals surface area contributed by atoms with Crippen molar-refractivity contribution in [3.05, 3.63) is 11.5 Å². The van der Waals surface area contributed by atoms with Crippen molar-refractivity contribution >= 4 is 11.9 Å². The highest BCUT2D eigenvalue weighted by Crippen LogP contribution is 2.24. The number of cyclic esters (lactones) is 1. The van der Waals surface area contributed by atoms with Crippen molar-refractivity contribution < 1.29 is 34.4 Å². The summed E-state index contributed by atoms with van der Waals surface area (Å²) in [6, 6.07) is 0. The molecule has 0 bridgehead atoms. The fraction of sp³-hybridized carbons (Fsp3) is 0.714. The number of aliphatic hydroxyl groups excluding tert-OH is 3. The van der Waals surface area contributed by atoms with Crippen molar-refractivity contribution in [2.75, 3.05) is 6.61 Å². The third-order valence-electron chi connectivity index (χ3n) is 3.16. The maximum absolute atomic E-state index is 11.6. The lowest BCUT2D eigenvalue weighted by molar-refractivity contribution is -0.153. The van der Waals surface area contributed by atoms with E-state index in [9.17, 15) is 19.8 Å². The zero-order valence-electron chi connectivity index (χ0n) is 12.1. The van der Waals surface area contributed by atoms with Gasteiger partial charge in [0, 0.05) is 6.42 Å². The van der Waals surface area contributed by atoms with Gasteiger partial charge < -0.3 is 24.8 Å². The van der Waals surface area contributed by atoms with Crippen LogP contribution in [0, 0.1) is 0 Å². The molecule has 0 aromatic heterocycles. The molecule has 2 atom stereocenters. The number of ether oxygens (including phenoxy) is 2. The van der Waals surface area contributed by atoms with Gasteiger partial charge in [-0.1, -0.05) is 32.6 Å². The molecule has 1 heterocycles. The SMILES string of the molecule is CCCCCCCC(=O)OC1=C(O)[C@@H]([C@@H](O)CO)OC1=O. The zero-order valence-corrected chi connectivity index (χ0v) is 12.1. The van der Waals surface area contributed by atoms with E-state index in [1.54, 1.807) is 0 Å². The summed E-state index contributed by atoms with van der Waals surface area (Å²) in [6.07, 6.45) is 2.06. The molecular formula is C14H22O7. The van der Waals surface area contributed by atoms with Crippen molar-refractivity contribution in [3.8, 4) is 0 Å². The van der Waals surface area contributed by atoms with E-state index in [0.29, 0.717) is 6.42 Å². The van der Waals surface area contributed by atoms with Crippen LogP contribution in [-0.2, 0) is 19.1 Å². The second-order valence-corrected chi connectivity index (χ2v) is 4.93. The van der Waals surface area contributed by atoms with E-state index in [2.05, 4.69) is 11.7 Å². The first-order valence-electron chi connectivity index (χ1n) is 7.15. The predicted octanol–water partition coefficient (Wildman–Crippen LogP) is 0.938. The molecule has 0 spiro atoms. The van der Waals surface area contributed by atoms with Gasteiger partial charge in [0.05, 0.1) is 6.61 Å². The number of rotatable bonds is 9. The summed E-state index contributed by atoms with van der Waals surface area (Å²) < 4.78 is 9.44. The van der Waals surface area contributed by atoms with Crippen molar-refractivity contribution in [3.63, 3.8) is 0 Å². The van der Waals surface area contributed by atoms with E-state index >= 15 is 0 Å². The minimum Gasteiger partial charge on any atom is -0.505 e. The molecule has 0 saturated heterocycles. The molecule has 1 aliphatic rings. The molecule has 0 unspecified atom stereocenters. The molecule has 0 aromatic carbocycles. The van der Waals surface area contributed by atoms with Crippen LogP contribution >= 0.6 is 0 Å². The van der Waals surface area contributed by atoms with Gasteiger partial charge in [-0.2, -0.15) is 0 Å². The Balaban J connectivity index is 2.47. The van der Waals surface area contributed by atoms with E-state index < -0.39 is 42.3 Å². The van der Waals surface area contributed by atoms with Gasteiger partial charge in [-0.15, -0.1) is 0 Å². The molecule has 7 heteroatoms. The summed E-state index contributed by atoms with van der Waals surface area (Å²) in [4.78, 5) is 23.0. The minimum absolute atomic E-state index is 0.140. The average Bonchev–Trinajstić information content (AvgIpc) is 2.74. The Hall–Kier alpha value is -1.60. The highest BCUT2D eigenvalue weighted by molar-refractivity contribution is 5.92. The van der Waals surface area contributed by atoms with Crippen molar-refractivity contribution in [1.29, 1.82) is 0 Å². The van der Waals surface area contributed by atoms with Gasteiger partial charge in [0.1, 0.15) is 6.10 Å². The summed E-state index contributed by atoms with van der Waals surface area (Å²) in [6.45, 7) is 1.40. The van der Waals surface area contributed by atoms with Gasteiger partial charge in [-0.3, -0.25) is 4.79 Å². The highest BCUT2D eigenvalue weighted by atomic mass is 16.6. The van der Waals surface area contributed by atoms with Crippen LogP contribution in [0.3, 0.4) is 0 Å². The first-order chi connectivity index (χ1) is 10.0. The lowest BCUT2D eigenvalue weighted by atomic mass is 10.1. The van der Waals surface area contributed by atoms with Crippen LogP contribution in [0.2, 0.25) is 0 Å².